The van der Waals surface area contributed by atoms with Crippen LogP contribution in [-0.2, 0) is 11.2 Å². The van der Waals surface area contributed by atoms with E-state index in [4.69, 9.17) is 4.74 Å². The number of rotatable bonds is 6. The summed E-state index contributed by atoms with van der Waals surface area (Å²) in [7, 11) is 0. The second kappa shape index (κ2) is 7.09. The van der Waals surface area contributed by atoms with Crippen LogP contribution in [0.15, 0.2) is 25.0 Å². The summed E-state index contributed by atoms with van der Waals surface area (Å²) in [6.07, 6.45) is 7.44. The Bertz CT molecular complexity index is 433. The van der Waals surface area contributed by atoms with Crippen molar-refractivity contribution < 1.29 is 14.6 Å². The van der Waals surface area contributed by atoms with E-state index in [0.717, 1.165) is 25.1 Å². The van der Waals surface area contributed by atoms with Crippen molar-refractivity contribution in [1.29, 1.82) is 0 Å². The van der Waals surface area contributed by atoms with Crippen LogP contribution < -0.4 is 0 Å². The molecule has 0 radical (unpaired) electrons. The number of aliphatic hydroxyl groups is 1. The Morgan fingerprint density at radius 3 is 3.25 bits per heavy atom. The first-order chi connectivity index (χ1) is 9.70. The number of H-pyrrole nitrogens is 1. The van der Waals surface area contributed by atoms with Gasteiger partial charge in [0.1, 0.15) is 12.4 Å². The number of β-amino-alcohol motifs (C(OH)–C–C–N with tert-alkyl or cyclic N) is 1. The number of nitrogens with one attached hydrogen (secondary N) is 1. The van der Waals surface area contributed by atoms with E-state index in [9.17, 15) is 9.90 Å². The van der Waals surface area contributed by atoms with Gasteiger partial charge in [-0.3, -0.25) is 0 Å². The Labute approximate surface area is 118 Å². The predicted octanol–water partition coefficient (Wildman–Crippen LogP) is 1.49. The molecule has 110 valence electrons. The molecule has 1 amide bonds. The second-order valence-electron chi connectivity index (χ2n) is 4.99. The van der Waals surface area contributed by atoms with Crippen molar-refractivity contribution >= 4 is 6.09 Å². The van der Waals surface area contributed by atoms with Gasteiger partial charge in [-0.05, 0) is 19.3 Å². The molecule has 20 heavy (non-hydrogen) atoms. The molecule has 0 bridgehead atoms. The molecule has 6 heteroatoms. The third-order valence-corrected chi connectivity index (χ3v) is 3.46. The minimum atomic E-state index is -0.458. The number of nitrogens with zero attached hydrogens (tertiary/aromatic N) is 2. The molecule has 0 aliphatic carbocycles. The molecule has 2 unspecified atom stereocenters. The van der Waals surface area contributed by atoms with E-state index in [1.807, 2.05) is 0 Å². The van der Waals surface area contributed by atoms with Crippen LogP contribution >= 0.6 is 0 Å². The van der Waals surface area contributed by atoms with E-state index < -0.39 is 6.10 Å². The smallest absolute Gasteiger partial charge is 0.410 e. The SMILES string of the molecule is C=CCOC(=O)N1CC(O)CC1CCCc1ncc[nH]1. The summed E-state index contributed by atoms with van der Waals surface area (Å²) in [5.41, 5.74) is 0. The largest absolute Gasteiger partial charge is 0.445 e. The Hall–Kier alpha value is -1.82. The van der Waals surface area contributed by atoms with Gasteiger partial charge in [0.25, 0.3) is 0 Å². The molecular formula is C14H21N3O3. The molecule has 1 aromatic rings. The third kappa shape index (κ3) is 3.84. The van der Waals surface area contributed by atoms with Crippen molar-refractivity contribution in [3.63, 3.8) is 0 Å². The molecule has 6 nitrogen and oxygen atoms in total. The van der Waals surface area contributed by atoms with Crippen molar-refractivity contribution in [2.24, 2.45) is 0 Å². The maximum Gasteiger partial charge on any atom is 0.410 e. The molecule has 2 rings (SSSR count). The molecule has 1 aliphatic rings. The number of aromatic amines is 1. The van der Waals surface area contributed by atoms with Crippen molar-refractivity contribution in [2.45, 2.75) is 37.8 Å². The minimum Gasteiger partial charge on any atom is -0.445 e. The van der Waals surface area contributed by atoms with Crippen molar-refractivity contribution in [2.75, 3.05) is 13.2 Å². The number of ether oxygens (including phenoxy) is 1. The molecule has 2 atom stereocenters. The van der Waals surface area contributed by atoms with E-state index in [2.05, 4.69) is 16.5 Å². The monoisotopic (exact) mass is 279 g/mol. The maximum absolute atomic E-state index is 11.9. The van der Waals surface area contributed by atoms with E-state index in [-0.39, 0.29) is 18.7 Å². The lowest BCUT2D eigenvalue weighted by Crippen LogP contribution is -2.36. The van der Waals surface area contributed by atoms with Gasteiger partial charge in [-0.25, -0.2) is 9.78 Å². The van der Waals surface area contributed by atoms with Gasteiger partial charge in [0.05, 0.1) is 12.6 Å². The molecule has 0 spiro atoms. The summed E-state index contributed by atoms with van der Waals surface area (Å²) >= 11 is 0. The lowest BCUT2D eigenvalue weighted by atomic mass is 10.1. The van der Waals surface area contributed by atoms with E-state index in [1.54, 1.807) is 17.3 Å². The number of carbonyl (C=O) groups excluding carboxylic acids is 1. The molecule has 1 fully saturated rings. The van der Waals surface area contributed by atoms with Crippen LogP contribution in [0.25, 0.3) is 0 Å². The normalized spacial score (nSPS) is 21.9. The van der Waals surface area contributed by atoms with Crippen molar-refractivity contribution in [1.82, 2.24) is 14.9 Å². The van der Waals surface area contributed by atoms with Gasteiger partial charge < -0.3 is 19.7 Å². The summed E-state index contributed by atoms with van der Waals surface area (Å²) in [6, 6.07) is 0.0391. The van der Waals surface area contributed by atoms with Crippen LogP contribution in [0.1, 0.15) is 25.1 Å². The molecule has 0 aromatic carbocycles. The van der Waals surface area contributed by atoms with Gasteiger partial charge in [-0.1, -0.05) is 12.7 Å². The number of imidazole rings is 1. The molecule has 0 saturated carbocycles. The van der Waals surface area contributed by atoms with Crippen molar-refractivity contribution in [3.8, 4) is 0 Å². The van der Waals surface area contributed by atoms with Gasteiger partial charge in [0, 0.05) is 24.9 Å². The van der Waals surface area contributed by atoms with Crippen molar-refractivity contribution in [3.05, 3.63) is 30.9 Å². The Morgan fingerprint density at radius 1 is 1.70 bits per heavy atom. The predicted molar refractivity (Wildman–Crippen MR) is 74.2 cm³/mol. The highest BCUT2D eigenvalue weighted by atomic mass is 16.6. The van der Waals surface area contributed by atoms with Crippen LogP contribution in [0.2, 0.25) is 0 Å². The lowest BCUT2D eigenvalue weighted by molar-refractivity contribution is 0.101. The van der Waals surface area contributed by atoms with E-state index >= 15 is 0 Å². The number of aliphatic hydroxyl groups excluding tert-OH is 1. The Balaban J connectivity index is 1.81. The van der Waals surface area contributed by atoms with Crippen LogP contribution in [0.5, 0.6) is 0 Å². The number of hydrogen-bond acceptors (Lipinski definition) is 4. The number of aromatic nitrogens is 2. The first-order valence-corrected chi connectivity index (χ1v) is 6.91. The van der Waals surface area contributed by atoms with Gasteiger partial charge >= 0.3 is 6.09 Å². The highest BCUT2D eigenvalue weighted by Crippen LogP contribution is 2.23. The molecular weight excluding hydrogens is 258 g/mol. The molecule has 1 saturated heterocycles. The fourth-order valence-corrected chi connectivity index (χ4v) is 2.54. The maximum atomic E-state index is 11.9. The average molecular weight is 279 g/mol. The quantitative estimate of drug-likeness (QED) is 0.773. The summed E-state index contributed by atoms with van der Waals surface area (Å²) in [4.78, 5) is 20.7. The van der Waals surface area contributed by atoms with Gasteiger partial charge in [-0.2, -0.15) is 0 Å². The standard InChI is InChI=1S/C14H21N3O3/c1-2-8-20-14(19)17-10-12(18)9-11(17)4-3-5-13-15-6-7-16-13/h2,6-7,11-12,18H,1,3-5,8-10H2,(H,15,16). The third-order valence-electron chi connectivity index (χ3n) is 3.46. The first-order valence-electron chi connectivity index (χ1n) is 6.91. The Kier molecular flexibility index (Phi) is 5.17. The number of likely N-dealkylation sites (tertiary alicyclic amines) is 1. The highest BCUT2D eigenvalue weighted by Gasteiger charge is 2.34. The van der Waals surface area contributed by atoms with E-state index in [0.29, 0.717) is 13.0 Å². The lowest BCUT2D eigenvalue weighted by Gasteiger charge is -2.23. The second-order valence-corrected chi connectivity index (χ2v) is 4.99. The molecule has 2 N–H and O–H groups in total. The van der Waals surface area contributed by atoms with Crippen LogP contribution in [0.4, 0.5) is 4.79 Å². The highest BCUT2D eigenvalue weighted by molar-refractivity contribution is 5.68. The topological polar surface area (TPSA) is 78.4 Å². The summed E-state index contributed by atoms with van der Waals surface area (Å²) in [5, 5.41) is 9.74. The van der Waals surface area contributed by atoms with Crippen LogP contribution in [-0.4, -0.2) is 51.4 Å². The fourth-order valence-electron chi connectivity index (χ4n) is 2.54. The van der Waals surface area contributed by atoms with Gasteiger partial charge in [0.15, 0.2) is 0 Å². The minimum absolute atomic E-state index is 0.0391. The summed E-state index contributed by atoms with van der Waals surface area (Å²) in [5.74, 6) is 0.948. The number of hydrogen-bond donors (Lipinski definition) is 2. The van der Waals surface area contributed by atoms with E-state index in [1.165, 1.54) is 6.08 Å². The number of aryl methyl sites for hydroxylation is 1. The summed E-state index contributed by atoms with van der Waals surface area (Å²) in [6.45, 7) is 4.06. The average Bonchev–Trinajstić information content (AvgIpc) is 3.06. The van der Waals surface area contributed by atoms with Gasteiger partial charge in [-0.15, -0.1) is 0 Å². The van der Waals surface area contributed by atoms with Gasteiger partial charge in [0.2, 0.25) is 0 Å². The molecule has 2 heterocycles. The molecule has 1 aromatic heterocycles. The number of carbonyl (C=O) groups is 1. The zero-order valence-electron chi connectivity index (χ0n) is 11.5. The zero-order valence-corrected chi connectivity index (χ0v) is 11.5. The zero-order chi connectivity index (χ0) is 14.4. The number of amides is 1. The Morgan fingerprint density at radius 2 is 2.55 bits per heavy atom. The molecule has 1 aliphatic heterocycles. The fraction of sp³-hybridized carbons (Fsp3) is 0.571. The first kappa shape index (κ1) is 14.6. The van der Waals surface area contributed by atoms with Crippen LogP contribution in [0.3, 0.4) is 0 Å². The van der Waals surface area contributed by atoms with Crippen LogP contribution in [0, 0.1) is 0 Å². The summed E-state index contributed by atoms with van der Waals surface area (Å²) < 4.78 is 5.05.